The fourth-order valence-corrected chi connectivity index (χ4v) is 4.38. The maximum Gasteiger partial charge on any atom is 0.282 e. The number of piperazine rings is 1. The lowest BCUT2D eigenvalue weighted by molar-refractivity contribution is 0.247. The van der Waals surface area contributed by atoms with Gasteiger partial charge in [-0.15, -0.1) is 12.4 Å². The second-order valence-electron chi connectivity index (χ2n) is 5.75. The zero-order valence-electron chi connectivity index (χ0n) is 13.3. The Labute approximate surface area is 148 Å². The molecule has 1 aromatic rings. The number of benzene rings is 1. The summed E-state index contributed by atoms with van der Waals surface area (Å²) in [5.74, 6) is -0.503. The predicted molar refractivity (Wildman–Crippen MR) is 92.7 cm³/mol. The molecule has 23 heavy (non-hydrogen) atoms. The Hall–Kier alpha value is -0.440. The van der Waals surface area contributed by atoms with Crippen LogP contribution in [0, 0.1) is 5.82 Å². The van der Waals surface area contributed by atoms with Crippen molar-refractivity contribution in [1.29, 1.82) is 0 Å². The van der Waals surface area contributed by atoms with Gasteiger partial charge in [0.25, 0.3) is 10.2 Å². The summed E-state index contributed by atoms with van der Waals surface area (Å²) in [6, 6.07) is 4.47. The summed E-state index contributed by atoms with van der Waals surface area (Å²) in [6.07, 6.45) is 0. The zero-order valence-corrected chi connectivity index (χ0v) is 15.7. The number of halogens is 3. The average molecular weight is 386 g/mol. The molecule has 1 saturated heterocycles. The lowest BCUT2D eigenvalue weighted by Crippen LogP contribution is -2.58. The minimum Gasteiger partial charge on any atom is -0.309 e. The minimum atomic E-state index is -3.66. The first-order chi connectivity index (χ1) is 10.2. The van der Waals surface area contributed by atoms with Gasteiger partial charge in [-0.2, -0.15) is 17.0 Å². The summed E-state index contributed by atoms with van der Waals surface area (Å²) >= 11 is 5.97. The van der Waals surface area contributed by atoms with Crippen molar-refractivity contribution in [2.24, 2.45) is 0 Å². The standard InChI is InChI=1S/C14H21ClFN3O2S.ClH/c1-10-7-19(8-11(2)17-10)22(20,21)18(3)9-12-13(15)5-4-6-14(12)16;/h4-6,10-11,17H,7-9H2,1-3H3;1H. The normalized spacial score (nSPS) is 22.9. The third-order valence-electron chi connectivity index (χ3n) is 3.69. The molecule has 1 heterocycles. The maximum absolute atomic E-state index is 13.8. The Morgan fingerprint density at radius 1 is 1.35 bits per heavy atom. The lowest BCUT2D eigenvalue weighted by atomic mass is 10.2. The van der Waals surface area contributed by atoms with Crippen LogP contribution < -0.4 is 5.32 Å². The third-order valence-corrected chi connectivity index (χ3v) is 5.91. The SMILES string of the molecule is CC1CN(S(=O)(=O)N(C)Cc2c(F)cccc2Cl)CC(C)N1.Cl. The molecule has 1 aliphatic heterocycles. The van der Waals surface area contributed by atoms with Crippen LogP contribution in [0.3, 0.4) is 0 Å². The molecule has 5 nitrogen and oxygen atoms in total. The van der Waals surface area contributed by atoms with E-state index in [9.17, 15) is 12.8 Å². The van der Waals surface area contributed by atoms with Crippen molar-refractivity contribution >= 4 is 34.2 Å². The van der Waals surface area contributed by atoms with Crippen molar-refractivity contribution < 1.29 is 12.8 Å². The molecular weight excluding hydrogens is 364 g/mol. The summed E-state index contributed by atoms with van der Waals surface area (Å²) in [7, 11) is -2.22. The molecule has 0 spiro atoms. The van der Waals surface area contributed by atoms with Crippen LogP contribution in [0.1, 0.15) is 19.4 Å². The van der Waals surface area contributed by atoms with Gasteiger partial charge in [-0.25, -0.2) is 4.39 Å². The van der Waals surface area contributed by atoms with E-state index in [4.69, 9.17) is 11.6 Å². The van der Waals surface area contributed by atoms with Gasteiger partial charge in [0.2, 0.25) is 0 Å². The first-order valence-corrected chi connectivity index (χ1v) is 8.89. The van der Waals surface area contributed by atoms with Gasteiger partial charge in [0.15, 0.2) is 0 Å². The molecule has 0 amide bonds. The maximum atomic E-state index is 13.8. The largest absolute Gasteiger partial charge is 0.309 e. The van der Waals surface area contributed by atoms with E-state index < -0.39 is 16.0 Å². The number of hydrogen-bond acceptors (Lipinski definition) is 3. The molecule has 0 radical (unpaired) electrons. The van der Waals surface area contributed by atoms with Gasteiger partial charge in [-0.3, -0.25) is 0 Å². The molecular formula is C14H22Cl2FN3O2S. The molecule has 0 bridgehead atoms. The van der Waals surface area contributed by atoms with E-state index in [1.165, 1.54) is 23.5 Å². The molecule has 1 fully saturated rings. The van der Waals surface area contributed by atoms with E-state index in [1.54, 1.807) is 6.07 Å². The van der Waals surface area contributed by atoms with Crippen LogP contribution in [0.4, 0.5) is 4.39 Å². The Morgan fingerprint density at radius 2 is 1.91 bits per heavy atom. The van der Waals surface area contributed by atoms with Crippen molar-refractivity contribution in [3.8, 4) is 0 Å². The van der Waals surface area contributed by atoms with Crippen LogP contribution in [0.2, 0.25) is 5.02 Å². The van der Waals surface area contributed by atoms with E-state index in [0.717, 1.165) is 4.31 Å². The van der Waals surface area contributed by atoms with Gasteiger partial charge in [0.05, 0.1) is 0 Å². The first-order valence-electron chi connectivity index (χ1n) is 7.12. The molecule has 0 aromatic heterocycles. The monoisotopic (exact) mass is 385 g/mol. The summed E-state index contributed by atoms with van der Waals surface area (Å²) in [4.78, 5) is 0. The van der Waals surface area contributed by atoms with E-state index in [1.807, 2.05) is 13.8 Å². The fraction of sp³-hybridized carbons (Fsp3) is 0.571. The van der Waals surface area contributed by atoms with E-state index >= 15 is 0 Å². The van der Waals surface area contributed by atoms with E-state index in [2.05, 4.69) is 5.32 Å². The number of nitrogens with zero attached hydrogens (tertiary/aromatic N) is 2. The summed E-state index contributed by atoms with van der Waals surface area (Å²) < 4.78 is 41.7. The van der Waals surface area contributed by atoms with Crippen LogP contribution in [0.15, 0.2) is 18.2 Å². The molecule has 2 atom stereocenters. The molecule has 1 aliphatic rings. The third kappa shape index (κ3) is 4.78. The van der Waals surface area contributed by atoms with E-state index in [-0.39, 0.29) is 41.6 Å². The van der Waals surface area contributed by atoms with Crippen molar-refractivity contribution in [2.75, 3.05) is 20.1 Å². The first kappa shape index (κ1) is 20.6. The lowest BCUT2D eigenvalue weighted by Gasteiger charge is -2.37. The molecule has 2 rings (SSSR count). The highest BCUT2D eigenvalue weighted by Crippen LogP contribution is 2.22. The molecule has 132 valence electrons. The summed E-state index contributed by atoms with van der Waals surface area (Å²) in [5, 5.41) is 3.51. The van der Waals surface area contributed by atoms with Crippen LogP contribution in [0.25, 0.3) is 0 Å². The van der Waals surface area contributed by atoms with Crippen LogP contribution in [-0.4, -0.2) is 49.2 Å². The van der Waals surface area contributed by atoms with Gasteiger partial charge in [0.1, 0.15) is 5.82 Å². The van der Waals surface area contributed by atoms with Crippen LogP contribution in [-0.2, 0) is 16.8 Å². The van der Waals surface area contributed by atoms with Crippen molar-refractivity contribution in [2.45, 2.75) is 32.5 Å². The fourth-order valence-electron chi connectivity index (χ4n) is 2.65. The smallest absolute Gasteiger partial charge is 0.282 e. The average Bonchev–Trinajstić information content (AvgIpc) is 2.41. The molecule has 1 N–H and O–H groups in total. The second kappa shape index (κ2) is 8.09. The molecule has 1 aromatic carbocycles. The highest BCUT2D eigenvalue weighted by Gasteiger charge is 2.33. The van der Waals surface area contributed by atoms with Crippen molar-refractivity contribution in [3.63, 3.8) is 0 Å². The van der Waals surface area contributed by atoms with Crippen LogP contribution >= 0.6 is 24.0 Å². The second-order valence-corrected chi connectivity index (χ2v) is 8.19. The Kier molecular flexibility index (Phi) is 7.25. The molecule has 2 unspecified atom stereocenters. The number of nitrogens with one attached hydrogen (secondary N) is 1. The topological polar surface area (TPSA) is 52.7 Å². The molecule has 9 heteroatoms. The summed E-state index contributed by atoms with van der Waals surface area (Å²) in [5.41, 5.74) is 0.187. The van der Waals surface area contributed by atoms with E-state index in [0.29, 0.717) is 13.1 Å². The van der Waals surface area contributed by atoms with Crippen LogP contribution in [0.5, 0.6) is 0 Å². The Morgan fingerprint density at radius 3 is 2.43 bits per heavy atom. The zero-order chi connectivity index (χ0) is 16.5. The van der Waals surface area contributed by atoms with Crippen molar-refractivity contribution in [3.05, 3.63) is 34.6 Å². The molecule has 0 aliphatic carbocycles. The van der Waals surface area contributed by atoms with Gasteiger partial charge >= 0.3 is 0 Å². The Balaban J connectivity index is 0.00000264. The van der Waals surface area contributed by atoms with Gasteiger partial charge < -0.3 is 5.32 Å². The number of hydrogen-bond donors (Lipinski definition) is 1. The number of rotatable bonds is 4. The quantitative estimate of drug-likeness (QED) is 0.864. The Bertz CT molecular complexity index is 615. The highest BCUT2D eigenvalue weighted by molar-refractivity contribution is 7.86. The highest BCUT2D eigenvalue weighted by atomic mass is 35.5. The molecule has 0 saturated carbocycles. The minimum absolute atomic E-state index is 0. The van der Waals surface area contributed by atoms with Gasteiger partial charge in [-0.1, -0.05) is 17.7 Å². The summed E-state index contributed by atoms with van der Waals surface area (Å²) in [6.45, 7) is 4.56. The predicted octanol–water partition coefficient (Wildman–Crippen LogP) is 2.26. The van der Waals surface area contributed by atoms with Gasteiger partial charge in [0, 0.05) is 49.4 Å². The van der Waals surface area contributed by atoms with Crippen molar-refractivity contribution in [1.82, 2.24) is 13.9 Å². The van der Waals surface area contributed by atoms with Gasteiger partial charge in [-0.05, 0) is 26.0 Å².